The zero-order chi connectivity index (χ0) is 22.1. The van der Waals surface area contributed by atoms with Gasteiger partial charge in [0.1, 0.15) is 5.75 Å². The third-order valence-electron chi connectivity index (χ3n) is 5.23. The molecule has 1 fully saturated rings. The fraction of sp³-hybridized carbons (Fsp3) is 0.273. The molecule has 9 heteroatoms. The Bertz CT molecular complexity index is 1160. The number of β-amino-alcohol motifs (C(OH)–C–C–N with tert-alkyl or cyclic N) is 1. The van der Waals surface area contributed by atoms with Crippen LogP contribution < -0.4 is 20.7 Å². The maximum absolute atomic E-state index is 12.2. The van der Waals surface area contributed by atoms with Crippen LogP contribution in [0.15, 0.2) is 36.5 Å². The van der Waals surface area contributed by atoms with Gasteiger partial charge in [0.2, 0.25) is 0 Å². The van der Waals surface area contributed by atoms with Gasteiger partial charge in [0.05, 0.1) is 50.9 Å². The highest BCUT2D eigenvalue weighted by molar-refractivity contribution is 6.43. The van der Waals surface area contributed by atoms with Gasteiger partial charge in [-0.15, -0.1) is 0 Å². The summed E-state index contributed by atoms with van der Waals surface area (Å²) < 4.78 is 5.85. The number of fused-ring (bicyclic) bond motifs is 1. The molecule has 1 amide bonds. The molecule has 1 unspecified atom stereocenters. The van der Waals surface area contributed by atoms with E-state index in [4.69, 9.17) is 33.7 Å². The van der Waals surface area contributed by atoms with Gasteiger partial charge in [-0.25, -0.2) is 0 Å². The van der Waals surface area contributed by atoms with Crippen molar-refractivity contribution in [2.45, 2.75) is 19.4 Å². The second kappa shape index (κ2) is 8.78. The molecule has 4 N–H and O–H groups in total. The predicted molar refractivity (Wildman–Crippen MR) is 124 cm³/mol. The minimum atomic E-state index is -0.623. The Morgan fingerprint density at radius 2 is 2.19 bits per heavy atom. The maximum atomic E-state index is 12.2. The molecule has 1 aliphatic rings. The maximum Gasteiger partial charge on any atom is 0.252 e. The SMILES string of the molecule is CCOc1cc2ncc(C(N)=O)c(Nc3cccc(Cl)c3Cl)c2cc1N1CCC(O)C1. The van der Waals surface area contributed by atoms with Crippen LogP contribution in [0.25, 0.3) is 10.9 Å². The Morgan fingerprint density at radius 3 is 2.87 bits per heavy atom. The zero-order valence-electron chi connectivity index (χ0n) is 16.9. The van der Waals surface area contributed by atoms with Crippen molar-refractivity contribution in [2.75, 3.05) is 29.9 Å². The first-order chi connectivity index (χ1) is 14.9. The highest BCUT2D eigenvalue weighted by atomic mass is 35.5. The van der Waals surface area contributed by atoms with Gasteiger partial charge in [0.15, 0.2) is 0 Å². The predicted octanol–water partition coefficient (Wildman–Crippen LogP) is 4.35. The number of nitrogens with two attached hydrogens (primary N) is 1. The van der Waals surface area contributed by atoms with Crippen LogP contribution in [0.2, 0.25) is 10.0 Å². The Balaban J connectivity index is 1.92. The molecule has 2 aromatic carbocycles. The number of benzene rings is 2. The minimum absolute atomic E-state index is 0.222. The van der Waals surface area contributed by atoms with Crippen molar-refractivity contribution in [1.82, 2.24) is 4.98 Å². The second-order valence-electron chi connectivity index (χ2n) is 7.30. The highest BCUT2D eigenvalue weighted by Gasteiger charge is 2.25. The number of carbonyl (C=O) groups excluding carboxylic acids is 1. The first-order valence-electron chi connectivity index (χ1n) is 9.92. The number of carbonyl (C=O) groups is 1. The second-order valence-corrected chi connectivity index (χ2v) is 8.08. The number of hydrogen-bond acceptors (Lipinski definition) is 6. The summed E-state index contributed by atoms with van der Waals surface area (Å²) in [5.74, 6) is 0.0391. The lowest BCUT2D eigenvalue weighted by Crippen LogP contribution is -2.22. The first-order valence-corrected chi connectivity index (χ1v) is 10.7. The van der Waals surface area contributed by atoms with Crippen LogP contribution in [0.1, 0.15) is 23.7 Å². The number of anilines is 3. The summed E-state index contributed by atoms with van der Waals surface area (Å²) in [5.41, 5.74) is 8.31. The fourth-order valence-corrected chi connectivity index (χ4v) is 4.09. The van der Waals surface area contributed by atoms with Gasteiger partial charge in [-0.3, -0.25) is 9.78 Å². The van der Waals surface area contributed by atoms with Crippen molar-refractivity contribution in [3.8, 4) is 5.75 Å². The standard InChI is InChI=1S/C22H22Cl2N4O3/c1-2-31-19-9-17-13(8-18(19)28-7-6-12(29)11-28)21(14(10-26-17)22(25)30)27-16-5-3-4-15(23)20(16)24/h3-5,8-10,12,29H,2,6-7,11H2,1H3,(H2,25,30)(H,26,27). The van der Waals surface area contributed by atoms with Crippen LogP contribution in [0, 0.1) is 0 Å². The van der Waals surface area contributed by atoms with Crippen molar-refractivity contribution >= 4 is 57.1 Å². The Morgan fingerprint density at radius 1 is 1.39 bits per heavy atom. The number of primary amides is 1. The number of halogens is 2. The van der Waals surface area contributed by atoms with E-state index in [1.54, 1.807) is 18.2 Å². The van der Waals surface area contributed by atoms with Gasteiger partial charge in [0, 0.05) is 30.7 Å². The number of hydrogen-bond donors (Lipinski definition) is 3. The zero-order valence-corrected chi connectivity index (χ0v) is 18.4. The Hall–Kier alpha value is -2.74. The van der Waals surface area contributed by atoms with Gasteiger partial charge in [-0.05, 0) is 31.5 Å². The normalized spacial score (nSPS) is 16.0. The minimum Gasteiger partial charge on any atom is -0.492 e. The van der Waals surface area contributed by atoms with Crippen LogP contribution in [0.5, 0.6) is 5.75 Å². The van der Waals surface area contributed by atoms with Crippen LogP contribution >= 0.6 is 23.2 Å². The molecule has 2 heterocycles. The van der Waals surface area contributed by atoms with E-state index < -0.39 is 12.0 Å². The van der Waals surface area contributed by atoms with E-state index >= 15 is 0 Å². The molecular formula is C22H22Cl2N4O3. The molecule has 1 saturated heterocycles. The van der Waals surface area contributed by atoms with Gasteiger partial charge >= 0.3 is 0 Å². The summed E-state index contributed by atoms with van der Waals surface area (Å²) in [6.07, 6.45) is 1.70. The van der Waals surface area contributed by atoms with E-state index in [0.29, 0.717) is 64.2 Å². The van der Waals surface area contributed by atoms with E-state index in [2.05, 4.69) is 15.2 Å². The van der Waals surface area contributed by atoms with Crippen molar-refractivity contribution in [3.05, 3.63) is 52.1 Å². The molecule has 0 spiro atoms. The lowest BCUT2D eigenvalue weighted by Gasteiger charge is -2.23. The van der Waals surface area contributed by atoms with E-state index in [1.165, 1.54) is 6.20 Å². The van der Waals surface area contributed by atoms with Gasteiger partial charge in [0.25, 0.3) is 5.91 Å². The molecule has 3 aromatic rings. The van der Waals surface area contributed by atoms with Gasteiger partial charge in [-0.2, -0.15) is 0 Å². The third kappa shape index (κ3) is 4.21. The summed E-state index contributed by atoms with van der Waals surface area (Å²) in [6, 6.07) is 8.93. The van der Waals surface area contributed by atoms with Crippen molar-refractivity contribution in [1.29, 1.82) is 0 Å². The number of ether oxygens (including phenoxy) is 1. The van der Waals surface area contributed by atoms with Crippen LogP contribution in [-0.2, 0) is 0 Å². The molecule has 31 heavy (non-hydrogen) atoms. The molecule has 7 nitrogen and oxygen atoms in total. The number of rotatable bonds is 6. The Labute approximate surface area is 189 Å². The number of aliphatic hydroxyl groups is 1. The number of amides is 1. The number of nitrogens with zero attached hydrogens (tertiary/aromatic N) is 2. The van der Waals surface area contributed by atoms with E-state index in [9.17, 15) is 9.90 Å². The molecule has 0 radical (unpaired) electrons. The molecule has 162 valence electrons. The van der Waals surface area contributed by atoms with Gasteiger partial charge in [-0.1, -0.05) is 29.3 Å². The summed E-state index contributed by atoms with van der Waals surface area (Å²) >= 11 is 12.5. The number of aliphatic hydroxyl groups excluding tert-OH is 1. The smallest absolute Gasteiger partial charge is 0.252 e. The number of nitrogens with one attached hydrogen (secondary N) is 1. The molecule has 0 bridgehead atoms. The van der Waals surface area contributed by atoms with E-state index in [1.807, 2.05) is 19.1 Å². The molecule has 0 aliphatic carbocycles. The summed E-state index contributed by atoms with van der Waals surface area (Å²) in [6.45, 7) is 3.58. The molecule has 1 atom stereocenters. The fourth-order valence-electron chi connectivity index (χ4n) is 3.74. The Kier molecular flexibility index (Phi) is 6.09. The summed E-state index contributed by atoms with van der Waals surface area (Å²) in [5, 5.41) is 14.6. The lowest BCUT2D eigenvalue weighted by atomic mass is 10.1. The van der Waals surface area contributed by atoms with Crippen molar-refractivity contribution in [3.63, 3.8) is 0 Å². The van der Waals surface area contributed by atoms with Crippen LogP contribution in [0.3, 0.4) is 0 Å². The van der Waals surface area contributed by atoms with E-state index in [0.717, 1.165) is 5.69 Å². The summed E-state index contributed by atoms with van der Waals surface area (Å²) in [7, 11) is 0. The topological polar surface area (TPSA) is 101 Å². The average Bonchev–Trinajstić information content (AvgIpc) is 3.17. The molecule has 1 aliphatic heterocycles. The number of pyridine rings is 1. The average molecular weight is 461 g/mol. The third-order valence-corrected chi connectivity index (χ3v) is 6.05. The highest BCUT2D eigenvalue weighted by Crippen LogP contribution is 2.40. The van der Waals surface area contributed by atoms with Crippen molar-refractivity contribution in [2.24, 2.45) is 5.73 Å². The van der Waals surface area contributed by atoms with Crippen LogP contribution in [-0.4, -0.2) is 41.8 Å². The van der Waals surface area contributed by atoms with Crippen LogP contribution in [0.4, 0.5) is 17.1 Å². The molecule has 4 rings (SSSR count). The number of aromatic nitrogens is 1. The van der Waals surface area contributed by atoms with Gasteiger partial charge < -0.3 is 25.8 Å². The van der Waals surface area contributed by atoms with Crippen molar-refractivity contribution < 1.29 is 14.6 Å². The summed E-state index contributed by atoms with van der Waals surface area (Å²) in [4.78, 5) is 18.7. The first kappa shape index (κ1) is 21.5. The molecule has 1 aromatic heterocycles. The quantitative estimate of drug-likeness (QED) is 0.505. The monoisotopic (exact) mass is 460 g/mol. The lowest BCUT2D eigenvalue weighted by molar-refractivity contribution is 0.100. The molecule has 0 saturated carbocycles. The molecular weight excluding hydrogens is 439 g/mol. The largest absolute Gasteiger partial charge is 0.492 e. The van der Waals surface area contributed by atoms with E-state index in [-0.39, 0.29) is 5.56 Å².